The number of nitrogens with one attached hydrogen (secondary N) is 1. The second-order valence-corrected chi connectivity index (χ2v) is 17.0. The van der Waals surface area contributed by atoms with Crippen molar-refractivity contribution in [1.82, 2.24) is 20.0 Å². The Morgan fingerprint density at radius 2 is 1.39 bits per heavy atom. The SMILES string of the molecule is O=C1CCC(N2C(=O)c3ccc(C4CCN(CCCN5CCN(c6ccc(C(=O)c7c(-c8ccc(O)cc8)sc8cc(O)ccc78)cc6)CC5)CC4)cc3C2=O)C(=O)N1. The lowest BCUT2D eigenvalue weighted by atomic mass is 9.88. The van der Waals surface area contributed by atoms with Crippen LogP contribution in [0.2, 0.25) is 0 Å². The number of amides is 4. The number of ketones is 1. The second kappa shape index (κ2) is 16.0. The van der Waals surface area contributed by atoms with Crippen molar-refractivity contribution in [2.75, 3.05) is 57.3 Å². The van der Waals surface area contributed by atoms with E-state index in [1.54, 1.807) is 48.5 Å². The van der Waals surface area contributed by atoms with E-state index < -0.39 is 23.8 Å². The molecule has 4 amide bonds. The molecule has 13 heteroatoms. The second-order valence-electron chi connectivity index (χ2n) is 16.0. The number of fused-ring (bicyclic) bond motifs is 2. The highest BCUT2D eigenvalue weighted by atomic mass is 32.1. The van der Waals surface area contributed by atoms with E-state index in [0.29, 0.717) is 28.2 Å². The number of thiophene rings is 1. The summed E-state index contributed by atoms with van der Waals surface area (Å²) >= 11 is 1.45. The van der Waals surface area contributed by atoms with Gasteiger partial charge in [-0.25, -0.2) is 0 Å². The Balaban J connectivity index is 0.744. The van der Waals surface area contributed by atoms with Crippen LogP contribution in [-0.4, -0.2) is 113 Å². The molecule has 302 valence electrons. The van der Waals surface area contributed by atoms with Crippen molar-refractivity contribution in [3.8, 4) is 21.9 Å². The molecule has 5 aromatic rings. The van der Waals surface area contributed by atoms with Gasteiger partial charge in [0.2, 0.25) is 11.8 Å². The molecule has 0 radical (unpaired) electrons. The molecular weight excluding hydrogens is 767 g/mol. The van der Waals surface area contributed by atoms with E-state index in [9.17, 15) is 34.2 Å². The van der Waals surface area contributed by atoms with E-state index in [2.05, 4.69) is 20.0 Å². The number of aromatic hydroxyl groups is 2. The molecule has 9 rings (SSSR count). The number of rotatable bonds is 10. The number of piperidine rings is 2. The van der Waals surface area contributed by atoms with Crippen LogP contribution in [0.3, 0.4) is 0 Å². The highest BCUT2D eigenvalue weighted by Gasteiger charge is 2.45. The summed E-state index contributed by atoms with van der Waals surface area (Å²) < 4.78 is 0.824. The van der Waals surface area contributed by atoms with Gasteiger partial charge in [0.25, 0.3) is 11.8 Å². The van der Waals surface area contributed by atoms with Gasteiger partial charge in [-0.2, -0.15) is 0 Å². The molecule has 3 fully saturated rings. The monoisotopic (exact) mass is 811 g/mol. The van der Waals surface area contributed by atoms with E-state index in [1.165, 1.54) is 11.3 Å². The van der Waals surface area contributed by atoms with Crippen LogP contribution in [0.25, 0.3) is 20.5 Å². The van der Waals surface area contributed by atoms with Gasteiger partial charge >= 0.3 is 0 Å². The molecule has 0 saturated carbocycles. The third kappa shape index (κ3) is 7.61. The largest absolute Gasteiger partial charge is 0.508 e. The van der Waals surface area contributed by atoms with Crippen LogP contribution < -0.4 is 10.2 Å². The van der Waals surface area contributed by atoms with E-state index >= 15 is 0 Å². The van der Waals surface area contributed by atoms with Gasteiger partial charge in [0, 0.05) is 64.4 Å². The van der Waals surface area contributed by atoms with Crippen LogP contribution in [0.1, 0.15) is 80.2 Å². The van der Waals surface area contributed by atoms with Gasteiger partial charge in [0.15, 0.2) is 5.78 Å². The van der Waals surface area contributed by atoms with Crippen molar-refractivity contribution < 1.29 is 34.2 Å². The summed E-state index contributed by atoms with van der Waals surface area (Å²) in [5.74, 6) is -1.40. The number of hydrogen-bond acceptors (Lipinski definition) is 11. The van der Waals surface area contributed by atoms with Gasteiger partial charge < -0.3 is 20.0 Å². The summed E-state index contributed by atoms with van der Waals surface area (Å²) in [6, 6.07) is 24.3. The van der Waals surface area contributed by atoms with Crippen molar-refractivity contribution in [2.24, 2.45) is 0 Å². The molecular formula is C46H45N5O7S. The first-order chi connectivity index (χ1) is 28.6. The predicted octanol–water partition coefficient (Wildman–Crippen LogP) is 6.00. The van der Waals surface area contributed by atoms with Crippen LogP contribution in [0.15, 0.2) is 84.9 Å². The zero-order chi connectivity index (χ0) is 40.8. The van der Waals surface area contributed by atoms with Crippen LogP contribution >= 0.6 is 11.3 Å². The fourth-order valence-corrected chi connectivity index (χ4v) is 10.3. The van der Waals surface area contributed by atoms with Gasteiger partial charge in [-0.15, -0.1) is 11.3 Å². The van der Waals surface area contributed by atoms with E-state index in [0.717, 1.165) is 108 Å². The molecule has 0 spiro atoms. The Morgan fingerprint density at radius 1 is 0.712 bits per heavy atom. The Kier molecular flexibility index (Phi) is 10.5. The summed E-state index contributed by atoms with van der Waals surface area (Å²) in [4.78, 5) is 73.8. The Labute approximate surface area is 345 Å². The number of anilines is 1. The molecule has 0 aliphatic carbocycles. The fraction of sp³-hybridized carbons (Fsp3) is 0.326. The normalized spacial score (nSPS) is 19.4. The number of nitrogens with zero attached hydrogens (tertiary/aromatic N) is 4. The molecule has 59 heavy (non-hydrogen) atoms. The predicted molar refractivity (Wildman–Crippen MR) is 225 cm³/mol. The highest BCUT2D eigenvalue weighted by molar-refractivity contribution is 7.22. The van der Waals surface area contributed by atoms with Crippen LogP contribution in [0, 0.1) is 0 Å². The van der Waals surface area contributed by atoms with Crippen molar-refractivity contribution >= 4 is 56.5 Å². The fourth-order valence-electron chi connectivity index (χ4n) is 9.07. The molecule has 3 N–H and O–H groups in total. The number of imide groups is 2. The van der Waals surface area contributed by atoms with Crippen molar-refractivity contribution in [2.45, 2.75) is 44.1 Å². The molecule has 1 unspecified atom stereocenters. The minimum Gasteiger partial charge on any atom is -0.508 e. The maximum absolute atomic E-state index is 14.1. The Bertz CT molecular complexity index is 2470. The average molecular weight is 812 g/mol. The number of phenolic OH excluding ortho intramolecular Hbond substituents is 2. The summed E-state index contributed by atoms with van der Waals surface area (Å²) in [5, 5.41) is 23.0. The van der Waals surface area contributed by atoms with Gasteiger partial charge in [-0.3, -0.25) is 39.1 Å². The minimum absolute atomic E-state index is 0.0805. The minimum atomic E-state index is -0.960. The first-order valence-electron chi connectivity index (χ1n) is 20.4. The number of likely N-dealkylation sites (tertiary alicyclic amines) is 1. The van der Waals surface area contributed by atoms with Gasteiger partial charge in [-0.05, 0) is 148 Å². The first kappa shape index (κ1) is 38.6. The number of piperazine rings is 1. The van der Waals surface area contributed by atoms with Crippen LogP contribution in [0.5, 0.6) is 11.5 Å². The molecule has 4 aromatic carbocycles. The van der Waals surface area contributed by atoms with Crippen molar-refractivity contribution in [3.05, 3.63) is 113 Å². The number of phenols is 2. The summed E-state index contributed by atoms with van der Waals surface area (Å²) in [6.45, 7) is 7.73. The Morgan fingerprint density at radius 3 is 2.10 bits per heavy atom. The third-order valence-electron chi connectivity index (χ3n) is 12.4. The molecule has 0 bridgehead atoms. The average Bonchev–Trinajstić information content (AvgIpc) is 3.74. The first-order valence-corrected chi connectivity index (χ1v) is 21.2. The summed E-state index contributed by atoms with van der Waals surface area (Å²) in [5.41, 5.74) is 4.83. The quantitative estimate of drug-likeness (QED) is 0.113. The third-order valence-corrected chi connectivity index (χ3v) is 13.6. The van der Waals surface area contributed by atoms with Gasteiger partial charge in [-0.1, -0.05) is 6.07 Å². The zero-order valence-electron chi connectivity index (χ0n) is 32.6. The zero-order valence-corrected chi connectivity index (χ0v) is 33.4. The Hall–Kier alpha value is -5.89. The van der Waals surface area contributed by atoms with Gasteiger partial charge in [0.05, 0.1) is 11.1 Å². The van der Waals surface area contributed by atoms with E-state index in [1.807, 2.05) is 36.4 Å². The van der Waals surface area contributed by atoms with Crippen molar-refractivity contribution in [3.63, 3.8) is 0 Å². The molecule has 4 aliphatic rings. The van der Waals surface area contributed by atoms with Crippen LogP contribution in [-0.2, 0) is 9.59 Å². The summed E-state index contributed by atoms with van der Waals surface area (Å²) in [6.07, 6.45) is 3.26. The molecule has 4 aliphatic heterocycles. The molecule has 1 aromatic heterocycles. The summed E-state index contributed by atoms with van der Waals surface area (Å²) in [7, 11) is 0. The van der Waals surface area contributed by atoms with Gasteiger partial charge in [0.1, 0.15) is 17.5 Å². The number of carbonyl (C=O) groups is 5. The molecule has 3 saturated heterocycles. The molecule has 12 nitrogen and oxygen atoms in total. The maximum atomic E-state index is 14.1. The number of carbonyl (C=O) groups excluding carboxylic acids is 5. The smallest absolute Gasteiger partial charge is 0.262 e. The standard InChI is InChI=1S/C46H45N5O7S/c52-33-9-4-30(5-10-33)43-41(36-13-11-34(53)27-39(36)59-43)42(55)29-2-7-32(8-3-29)50-24-22-49(23-25-50)19-1-18-48-20-16-28(17-21-48)31-6-12-35-37(26-31)46(58)51(45(35)57)38-14-15-40(54)47-44(38)56/h2-13,26-28,38,52-53H,1,14-25H2,(H,47,54,56). The molecule has 1 atom stereocenters. The highest BCUT2D eigenvalue weighted by Crippen LogP contribution is 2.42. The lowest BCUT2D eigenvalue weighted by Crippen LogP contribution is -2.54. The lowest BCUT2D eigenvalue weighted by Gasteiger charge is -2.37. The van der Waals surface area contributed by atoms with E-state index in [-0.39, 0.29) is 36.0 Å². The maximum Gasteiger partial charge on any atom is 0.262 e. The van der Waals surface area contributed by atoms with E-state index in [4.69, 9.17) is 0 Å². The number of benzene rings is 4. The number of hydrogen-bond donors (Lipinski definition) is 3. The lowest BCUT2D eigenvalue weighted by molar-refractivity contribution is -0.136. The topological polar surface area (TPSA) is 151 Å². The van der Waals surface area contributed by atoms with Crippen molar-refractivity contribution in [1.29, 1.82) is 0 Å². The molecule has 5 heterocycles. The van der Waals surface area contributed by atoms with Crippen LogP contribution in [0.4, 0.5) is 5.69 Å².